The second-order valence-electron chi connectivity index (χ2n) is 4.51. The van der Waals surface area contributed by atoms with Gasteiger partial charge in [-0.25, -0.2) is 0 Å². The highest BCUT2D eigenvalue weighted by Crippen LogP contribution is 2.26. The summed E-state index contributed by atoms with van der Waals surface area (Å²) in [6.07, 6.45) is 2.05. The zero-order chi connectivity index (χ0) is 14.4. The molecule has 20 heavy (non-hydrogen) atoms. The number of hydrogen-bond donors (Lipinski definition) is 1. The Labute approximate surface area is 129 Å². The molecule has 1 aromatic carbocycles. The fraction of sp³-hybridized carbons (Fsp3) is 0.333. The molecule has 1 N–H and O–H groups in total. The molecule has 0 spiro atoms. The second kappa shape index (κ2) is 7.70. The lowest BCUT2D eigenvalue weighted by Crippen LogP contribution is -2.20. The predicted octanol–water partition coefficient (Wildman–Crippen LogP) is 3.58. The molecule has 5 heteroatoms. The summed E-state index contributed by atoms with van der Waals surface area (Å²) in [5.74, 6) is 0. The van der Waals surface area contributed by atoms with Gasteiger partial charge in [0.2, 0.25) is 0 Å². The Kier molecular flexibility index (Phi) is 5.92. The number of halogens is 2. The van der Waals surface area contributed by atoms with Gasteiger partial charge in [0, 0.05) is 38.6 Å². The van der Waals surface area contributed by atoms with Gasteiger partial charge in [-0.15, -0.1) is 0 Å². The van der Waals surface area contributed by atoms with Crippen molar-refractivity contribution in [2.75, 3.05) is 20.3 Å². The first-order chi connectivity index (χ1) is 9.72. The van der Waals surface area contributed by atoms with Gasteiger partial charge in [0.15, 0.2) is 0 Å². The Morgan fingerprint density at radius 1 is 1.20 bits per heavy atom. The number of nitrogens with zero attached hydrogens (tertiary/aromatic N) is 1. The molecule has 3 nitrogen and oxygen atoms in total. The van der Waals surface area contributed by atoms with Gasteiger partial charge in [0.1, 0.15) is 0 Å². The van der Waals surface area contributed by atoms with Crippen LogP contribution >= 0.6 is 23.2 Å². The lowest BCUT2D eigenvalue weighted by Gasteiger charge is -2.12. The van der Waals surface area contributed by atoms with Crippen LogP contribution in [0.4, 0.5) is 0 Å². The molecule has 2 aromatic rings. The molecule has 0 fully saturated rings. The lowest BCUT2D eigenvalue weighted by atomic mass is 10.2. The number of ether oxygens (including phenoxy) is 1. The zero-order valence-electron chi connectivity index (χ0n) is 11.4. The number of nitrogens with one attached hydrogen (secondary N) is 1. The lowest BCUT2D eigenvalue weighted by molar-refractivity contribution is 0.199. The highest BCUT2D eigenvalue weighted by atomic mass is 35.5. The molecule has 0 unspecified atom stereocenters. The maximum Gasteiger partial charge on any atom is 0.0642 e. The smallest absolute Gasteiger partial charge is 0.0642 e. The van der Waals surface area contributed by atoms with E-state index in [-0.39, 0.29) is 0 Å². The van der Waals surface area contributed by atoms with Crippen molar-refractivity contribution in [3.63, 3.8) is 0 Å². The first-order valence-corrected chi connectivity index (χ1v) is 7.24. The maximum atomic E-state index is 6.23. The standard InChI is InChI=1S/C15H18Cl2N2O/c1-20-9-7-18-10-13-5-3-8-19(13)11-12-4-2-6-14(16)15(12)17/h2-6,8,18H,7,9-11H2,1H3. The Bertz CT molecular complexity index is 555. The minimum atomic E-state index is 0.594. The van der Waals surface area contributed by atoms with Crippen LogP contribution in [0.15, 0.2) is 36.5 Å². The van der Waals surface area contributed by atoms with Crippen LogP contribution in [0.3, 0.4) is 0 Å². The Balaban J connectivity index is 2.03. The molecule has 0 aliphatic heterocycles. The van der Waals surface area contributed by atoms with Gasteiger partial charge in [0.05, 0.1) is 16.7 Å². The van der Waals surface area contributed by atoms with Gasteiger partial charge in [0.25, 0.3) is 0 Å². The predicted molar refractivity (Wildman–Crippen MR) is 83.6 cm³/mol. The third-order valence-corrected chi connectivity index (χ3v) is 3.94. The Hall–Kier alpha value is -1.000. The average molecular weight is 313 g/mol. The van der Waals surface area contributed by atoms with Gasteiger partial charge in [-0.2, -0.15) is 0 Å². The molecule has 2 rings (SSSR count). The van der Waals surface area contributed by atoms with Gasteiger partial charge in [-0.05, 0) is 23.8 Å². The topological polar surface area (TPSA) is 26.2 Å². The van der Waals surface area contributed by atoms with E-state index >= 15 is 0 Å². The molecule has 1 heterocycles. The first kappa shape index (κ1) is 15.4. The van der Waals surface area contributed by atoms with Crippen molar-refractivity contribution in [3.8, 4) is 0 Å². The molecule has 0 atom stereocenters. The molecule has 0 aliphatic rings. The first-order valence-electron chi connectivity index (χ1n) is 6.49. The van der Waals surface area contributed by atoms with Crippen molar-refractivity contribution in [2.45, 2.75) is 13.1 Å². The molecular weight excluding hydrogens is 295 g/mol. The normalized spacial score (nSPS) is 10.9. The van der Waals surface area contributed by atoms with Crippen molar-refractivity contribution in [1.82, 2.24) is 9.88 Å². The largest absolute Gasteiger partial charge is 0.383 e. The minimum absolute atomic E-state index is 0.594. The van der Waals surface area contributed by atoms with E-state index in [2.05, 4.69) is 16.0 Å². The monoisotopic (exact) mass is 312 g/mol. The van der Waals surface area contributed by atoms with E-state index in [9.17, 15) is 0 Å². The van der Waals surface area contributed by atoms with Crippen molar-refractivity contribution in [3.05, 3.63) is 57.8 Å². The van der Waals surface area contributed by atoms with E-state index in [1.807, 2.05) is 24.4 Å². The number of aromatic nitrogens is 1. The van der Waals surface area contributed by atoms with Gasteiger partial charge < -0.3 is 14.6 Å². The van der Waals surface area contributed by atoms with Crippen molar-refractivity contribution in [2.24, 2.45) is 0 Å². The molecule has 0 saturated heterocycles. The van der Waals surface area contributed by atoms with Gasteiger partial charge >= 0.3 is 0 Å². The fourth-order valence-electron chi connectivity index (χ4n) is 2.01. The number of benzene rings is 1. The number of hydrogen-bond acceptors (Lipinski definition) is 2. The third-order valence-electron chi connectivity index (χ3n) is 3.08. The second-order valence-corrected chi connectivity index (χ2v) is 5.30. The van der Waals surface area contributed by atoms with Crippen LogP contribution in [0.25, 0.3) is 0 Å². The summed E-state index contributed by atoms with van der Waals surface area (Å²) in [6.45, 7) is 3.06. The minimum Gasteiger partial charge on any atom is -0.383 e. The quantitative estimate of drug-likeness (QED) is 0.791. The van der Waals surface area contributed by atoms with Gasteiger partial charge in [-0.1, -0.05) is 35.3 Å². The SMILES string of the molecule is COCCNCc1cccn1Cc1cccc(Cl)c1Cl. The molecule has 0 aliphatic carbocycles. The van der Waals surface area contributed by atoms with Gasteiger partial charge in [-0.3, -0.25) is 0 Å². The maximum absolute atomic E-state index is 6.23. The van der Waals surface area contributed by atoms with Crippen LogP contribution in [0.1, 0.15) is 11.3 Å². The summed E-state index contributed by atoms with van der Waals surface area (Å²) < 4.78 is 7.18. The summed E-state index contributed by atoms with van der Waals surface area (Å²) in [7, 11) is 1.70. The van der Waals surface area contributed by atoms with E-state index in [0.717, 1.165) is 18.7 Å². The summed E-state index contributed by atoms with van der Waals surface area (Å²) in [4.78, 5) is 0. The van der Waals surface area contributed by atoms with E-state index in [1.54, 1.807) is 13.2 Å². The number of methoxy groups -OCH3 is 1. The van der Waals surface area contributed by atoms with Crippen molar-refractivity contribution >= 4 is 23.2 Å². The fourth-order valence-corrected chi connectivity index (χ4v) is 2.39. The summed E-state index contributed by atoms with van der Waals surface area (Å²) in [5, 5.41) is 4.56. The summed E-state index contributed by atoms with van der Waals surface area (Å²) >= 11 is 12.3. The summed E-state index contributed by atoms with van der Waals surface area (Å²) in [6, 6.07) is 9.85. The number of rotatable bonds is 7. The molecule has 0 radical (unpaired) electrons. The van der Waals surface area contributed by atoms with Crippen LogP contribution in [-0.4, -0.2) is 24.8 Å². The molecule has 1 aromatic heterocycles. The van der Waals surface area contributed by atoms with Crippen LogP contribution in [0, 0.1) is 0 Å². The van der Waals surface area contributed by atoms with E-state index in [0.29, 0.717) is 23.2 Å². The average Bonchev–Trinajstić information content (AvgIpc) is 2.87. The van der Waals surface area contributed by atoms with Crippen molar-refractivity contribution < 1.29 is 4.74 Å². The van der Waals surface area contributed by atoms with E-state index in [4.69, 9.17) is 27.9 Å². The van der Waals surface area contributed by atoms with Crippen LogP contribution < -0.4 is 5.32 Å². The van der Waals surface area contributed by atoms with Crippen LogP contribution in [-0.2, 0) is 17.8 Å². The highest BCUT2D eigenvalue weighted by Gasteiger charge is 2.07. The van der Waals surface area contributed by atoms with Crippen molar-refractivity contribution in [1.29, 1.82) is 0 Å². The zero-order valence-corrected chi connectivity index (χ0v) is 12.9. The highest BCUT2D eigenvalue weighted by molar-refractivity contribution is 6.42. The molecule has 0 amide bonds. The third kappa shape index (κ3) is 4.00. The molecule has 0 saturated carbocycles. The summed E-state index contributed by atoms with van der Waals surface area (Å²) in [5.41, 5.74) is 2.23. The molecule has 0 bridgehead atoms. The van der Waals surface area contributed by atoms with E-state index in [1.165, 1.54) is 5.69 Å². The van der Waals surface area contributed by atoms with Crippen LogP contribution in [0.2, 0.25) is 10.0 Å². The Morgan fingerprint density at radius 2 is 2.05 bits per heavy atom. The van der Waals surface area contributed by atoms with Crippen LogP contribution in [0.5, 0.6) is 0 Å². The Morgan fingerprint density at radius 3 is 2.85 bits per heavy atom. The molecular formula is C15H18Cl2N2O. The molecule has 108 valence electrons. The van der Waals surface area contributed by atoms with E-state index < -0.39 is 0 Å².